The molecule has 0 fully saturated rings. The number of aromatic nitrogens is 2. The minimum absolute atomic E-state index is 0.0312. The Morgan fingerprint density at radius 3 is 2.53 bits per heavy atom. The van der Waals surface area contributed by atoms with Gasteiger partial charge in [0.15, 0.2) is 9.84 Å². The van der Waals surface area contributed by atoms with E-state index >= 15 is 0 Å². The molecule has 0 unspecified atom stereocenters. The molecule has 0 atom stereocenters. The number of carboxylic acids is 1. The van der Waals surface area contributed by atoms with Crippen LogP contribution >= 0.6 is 0 Å². The molecule has 1 aromatic carbocycles. The Kier molecular flexibility index (Phi) is 3.15. The van der Waals surface area contributed by atoms with E-state index in [4.69, 9.17) is 5.11 Å². The van der Waals surface area contributed by atoms with Gasteiger partial charge in [-0.05, 0) is 30.7 Å². The number of rotatable bonds is 3. The van der Waals surface area contributed by atoms with Gasteiger partial charge in [0.05, 0.1) is 16.1 Å². The van der Waals surface area contributed by atoms with Crippen molar-refractivity contribution < 1.29 is 18.3 Å². The van der Waals surface area contributed by atoms with Gasteiger partial charge in [0, 0.05) is 18.6 Å². The van der Waals surface area contributed by atoms with Gasteiger partial charge in [-0.3, -0.25) is 0 Å². The molecule has 1 N–H and O–H groups in total. The summed E-state index contributed by atoms with van der Waals surface area (Å²) < 4.78 is 25.0. The summed E-state index contributed by atoms with van der Waals surface area (Å²) in [5.74, 6) is -1.16. The molecule has 100 valence electrons. The first-order chi connectivity index (χ1) is 8.80. The number of aromatic carboxylic acids is 1. The second kappa shape index (κ2) is 4.51. The van der Waals surface area contributed by atoms with Crippen molar-refractivity contribution in [1.82, 2.24) is 9.78 Å². The minimum Gasteiger partial charge on any atom is -0.478 e. The van der Waals surface area contributed by atoms with E-state index in [0.29, 0.717) is 11.3 Å². The highest BCUT2D eigenvalue weighted by molar-refractivity contribution is 7.90. The monoisotopic (exact) mass is 280 g/mol. The van der Waals surface area contributed by atoms with Crippen molar-refractivity contribution in [2.24, 2.45) is 0 Å². The van der Waals surface area contributed by atoms with E-state index in [1.54, 1.807) is 19.2 Å². The van der Waals surface area contributed by atoms with Crippen LogP contribution in [-0.4, -0.2) is 35.5 Å². The molecule has 2 rings (SSSR count). The zero-order valence-corrected chi connectivity index (χ0v) is 11.2. The van der Waals surface area contributed by atoms with Crippen molar-refractivity contribution in [3.8, 4) is 5.69 Å². The van der Waals surface area contributed by atoms with Crippen LogP contribution in [0.4, 0.5) is 0 Å². The molecule has 19 heavy (non-hydrogen) atoms. The zero-order valence-electron chi connectivity index (χ0n) is 10.4. The first kappa shape index (κ1) is 13.3. The summed E-state index contributed by atoms with van der Waals surface area (Å²) in [6.45, 7) is 1.61. The fraction of sp³-hybridized carbons (Fsp3) is 0.167. The van der Waals surface area contributed by atoms with E-state index < -0.39 is 15.8 Å². The van der Waals surface area contributed by atoms with Crippen LogP contribution < -0.4 is 0 Å². The Morgan fingerprint density at radius 1 is 1.37 bits per heavy atom. The molecule has 0 bridgehead atoms. The molecule has 6 nitrogen and oxygen atoms in total. The maximum absolute atomic E-state index is 11.8. The number of nitrogens with zero attached hydrogens (tertiary/aromatic N) is 2. The second-order valence-corrected chi connectivity index (χ2v) is 6.15. The van der Waals surface area contributed by atoms with Crippen LogP contribution in [-0.2, 0) is 9.84 Å². The second-order valence-electron chi connectivity index (χ2n) is 4.16. The maximum Gasteiger partial charge on any atom is 0.335 e. The molecule has 0 aliphatic heterocycles. The highest BCUT2D eigenvalue weighted by Crippen LogP contribution is 2.24. The van der Waals surface area contributed by atoms with Crippen LogP contribution in [0.15, 0.2) is 35.5 Å². The summed E-state index contributed by atoms with van der Waals surface area (Å²) in [5.41, 5.74) is 0.789. The molecule has 2 aromatic rings. The molecule has 0 amide bonds. The Morgan fingerprint density at radius 2 is 2.05 bits per heavy atom. The van der Waals surface area contributed by atoms with Crippen molar-refractivity contribution in [2.75, 3.05) is 6.26 Å². The van der Waals surface area contributed by atoms with Crippen LogP contribution in [0.2, 0.25) is 0 Å². The van der Waals surface area contributed by atoms with Crippen LogP contribution in [0, 0.1) is 6.92 Å². The van der Waals surface area contributed by atoms with E-state index in [-0.39, 0.29) is 10.5 Å². The lowest BCUT2D eigenvalue weighted by Crippen LogP contribution is -2.10. The fourth-order valence-corrected chi connectivity index (χ4v) is 2.65. The molecule has 0 aliphatic carbocycles. The lowest BCUT2D eigenvalue weighted by molar-refractivity contribution is 0.0696. The average Bonchev–Trinajstić information content (AvgIpc) is 2.79. The van der Waals surface area contributed by atoms with Crippen molar-refractivity contribution in [3.63, 3.8) is 0 Å². The Labute approximate surface area is 110 Å². The molecule has 0 saturated heterocycles. The van der Waals surface area contributed by atoms with Gasteiger partial charge in [-0.25, -0.2) is 17.9 Å². The lowest BCUT2D eigenvalue weighted by atomic mass is 10.1. The quantitative estimate of drug-likeness (QED) is 0.914. The summed E-state index contributed by atoms with van der Waals surface area (Å²) in [4.78, 5) is 11.0. The van der Waals surface area contributed by atoms with Gasteiger partial charge in [0.25, 0.3) is 0 Å². The van der Waals surface area contributed by atoms with Crippen LogP contribution in [0.1, 0.15) is 15.9 Å². The largest absolute Gasteiger partial charge is 0.478 e. The normalized spacial score (nSPS) is 11.5. The minimum atomic E-state index is -3.56. The van der Waals surface area contributed by atoms with E-state index in [9.17, 15) is 13.2 Å². The Hall–Kier alpha value is -2.15. The van der Waals surface area contributed by atoms with Gasteiger partial charge < -0.3 is 5.11 Å². The number of benzene rings is 1. The number of hydrogen-bond donors (Lipinski definition) is 1. The molecule has 0 aliphatic rings. The van der Waals surface area contributed by atoms with Gasteiger partial charge in [0.2, 0.25) is 0 Å². The molecule has 1 heterocycles. The lowest BCUT2D eigenvalue weighted by Gasteiger charge is -2.11. The maximum atomic E-state index is 11.8. The fourth-order valence-electron chi connectivity index (χ4n) is 1.79. The summed E-state index contributed by atoms with van der Waals surface area (Å²) in [6, 6.07) is 4.34. The third kappa shape index (κ3) is 2.50. The number of sulfone groups is 1. The third-order valence-electron chi connectivity index (χ3n) is 2.69. The predicted octanol–water partition coefficient (Wildman–Crippen LogP) is 1.28. The average molecular weight is 280 g/mol. The Balaban J connectivity index is 2.81. The van der Waals surface area contributed by atoms with Crippen molar-refractivity contribution in [3.05, 3.63) is 41.7 Å². The van der Waals surface area contributed by atoms with Crippen LogP contribution in [0.25, 0.3) is 5.69 Å². The van der Waals surface area contributed by atoms with E-state index in [0.717, 1.165) is 6.26 Å². The molecule has 0 radical (unpaired) electrons. The molecule has 7 heteroatoms. The van der Waals surface area contributed by atoms with Crippen molar-refractivity contribution in [1.29, 1.82) is 0 Å². The van der Waals surface area contributed by atoms with E-state index in [1.165, 1.54) is 23.0 Å². The number of carbonyl (C=O) groups is 1. The molecule has 0 spiro atoms. The molecule has 1 aromatic heterocycles. The van der Waals surface area contributed by atoms with E-state index in [1.807, 2.05) is 0 Å². The first-order valence-corrected chi connectivity index (χ1v) is 7.28. The summed E-state index contributed by atoms with van der Waals surface area (Å²) in [5, 5.41) is 13.0. The van der Waals surface area contributed by atoms with Crippen molar-refractivity contribution >= 4 is 15.8 Å². The molecular weight excluding hydrogens is 268 g/mol. The smallest absolute Gasteiger partial charge is 0.335 e. The molecule has 0 saturated carbocycles. The number of hydrogen-bond acceptors (Lipinski definition) is 4. The SMILES string of the molecule is Cc1cc(-n2cccn2)c(S(C)(=O)=O)cc1C(=O)O. The van der Waals surface area contributed by atoms with Gasteiger partial charge in [0.1, 0.15) is 0 Å². The van der Waals surface area contributed by atoms with Crippen LogP contribution in [0.3, 0.4) is 0 Å². The topological polar surface area (TPSA) is 89.3 Å². The van der Waals surface area contributed by atoms with E-state index in [2.05, 4.69) is 5.10 Å². The van der Waals surface area contributed by atoms with Crippen molar-refractivity contribution in [2.45, 2.75) is 11.8 Å². The van der Waals surface area contributed by atoms with Gasteiger partial charge in [-0.15, -0.1) is 0 Å². The van der Waals surface area contributed by atoms with Gasteiger partial charge in [-0.1, -0.05) is 0 Å². The van der Waals surface area contributed by atoms with Crippen LogP contribution in [0.5, 0.6) is 0 Å². The Bertz CT molecular complexity index is 733. The summed E-state index contributed by atoms with van der Waals surface area (Å²) >= 11 is 0. The predicted molar refractivity (Wildman–Crippen MR) is 68.4 cm³/mol. The summed E-state index contributed by atoms with van der Waals surface area (Å²) in [7, 11) is -3.56. The van der Waals surface area contributed by atoms with Gasteiger partial charge in [-0.2, -0.15) is 5.10 Å². The summed E-state index contributed by atoms with van der Waals surface area (Å²) in [6.07, 6.45) is 4.16. The highest BCUT2D eigenvalue weighted by atomic mass is 32.2. The first-order valence-electron chi connectivity index (χ1n) is 5.38. The standard InChI is InChI=1S/C12H12N2O4S/c1-8-6-10(14-5-3-4-13-14)11(19(2,17)18)7-9(8)12(15)16/h3-7H,1-2H3,(H,15,16). The third-order valence-corrected chi connectivity index (χ3v) is 3.81. The highest BCUT2D eigenvalue weighted by Gasteiger charge is 2.20. The number of aryl methyl sites for hydroxylation is 1. The number of carboxylic acid groups (broad SMARTS) is 1. The van der Waals surface area contributed by atoms with Gasteiger partial charge >= 0.3 is 5.97 Å². The zero-order chi connectivity index (χ0) is 14.2. The molecular formula is C12H12N2O4S.